The van der Waals surface area contributed by atoms with E-state index in [4.69, 9.17) is 0 Å². The minimum atomic E-state index is 0.257. The monoisotopic (exact) mass is 267 g/mol. The third-order valence-corrected chi connectivity index (χ3v) is 4.13. The molecule has 3 nitrogen and oxygen atoms in total. The molecular formula is C16H31N2O+. The van der Waals surface area contributed by atoms with E-state index in [2.05, 4.69) is 43.7 Å². The molecule has 1 heterocycles. The Morgan fingerprint density at radius 3 is 2.58 bits per heavy atom. The number of rotatable bonds is 10. The molecule has 2 unspecified atom stereocenters. The molecule has 0 amide bonds. The molecule has 0 fully saturated rings. The van der Waals surface area contributed by atoms with Gasteiger partial charge in [-0.05, 0) is 26.2 Å². The van der Waals surface area contributed by atoms with E-state index in [-0.39, 0.29) is 6.61 Å². The van der Waals surface area contributed by atoms with Gasteiger partial charge in [-0.2, -0.15) is 0 Å². The quantitative estimate of drug-likeness (QED) is 0.362. The van der Waals surface area contributed by atoms with Crippen LogP contribution >= 0.6 is 0 Å². The lowest BCUT2D eigenvalue weighted by Crippen LogP contribution is -2.54. The Morgan fingerprint density at radius 1 is 1.21 bits per heavy atom. The van der Waals surface area contributed by atoms with Crippen molar-refractivity contribution < 1.29 is 9.59 Å². The van der Waals surface area contributed by atoms with Gasteiger partial charge in [0.25, 0.3) is 0 Å². The van der Waals surface area contributed by atoms with Crippen molar-refractivity contribution in [2.45, 2.75) is 58.5 Å². The van der Waals surface area contributed by atoms with Crippen molar-refractivity contribution in [2.75, 3.05) is 19.7 Å². The van der Waals surface area contributed by atoms with Crippen LogP contribution in [0.15, 0.2) is 24.6 Å². The first-order chi connectivity index (χ1) is 9.29. The van der Waals surface area contributed by atoms with Gasteiger partial charge in [-0.15, -0.1) is 0 Å². The molecule has 2 N–H and O–H groups in total. The largest absolute Gasteiger partial charge is 0.390 e. The fraction of sp³-hybridized carbons (Fsp3) is 0.750. The Hall–Kier alpha value is -0.800. The zero-order valence-corrected chi connectivity index (χ0v) is 12.6. The second kappa shape index (κ2) is 9.16. The predicted molar refractivity (Wildman–Crippen MR) is 81.3 cm³/mol. The third-order valence-electron chi connectivity index (χ3n) is 4.13. The predicted octanol–water partition coefficient (Wildman–Crippen LogP) is 3.13. The van der Waals surface area contributed by atoms with Crippen molar-refractivity contribution in [2.24, 2.45) is 0 Å². The molecule has 0 aromatic rings. The average Bonchev–Trinajstić information content (AvgIpc) is 2.82. The fourth-order valence-electron chi connectivity index (χ4n) is 2.78. The van der Waals surface area contributed by atoms with Crippen molar-refractivity contribution in [1.29, 1.82) is 0 Å². The van der Waals surface area contributed by atoms with Gasteiger partial charge in [0.05, 0.1) is 19.4 Å². The van der Waals surface area contributed by atoms with Crippen molar-refractivity contribution in [1.82, 2.24) is 5.32 Å². The van der Waals surface area contributed by atoms with Gasteiger partial charge < -0.3 is 10.4 Å². The number of hydrogen-bond acceptors (Lipinski definition) is 2. The highest BCUT2D eigenvalue weighted by Crippen LogP contribution is 2.22. The number of allylic oxidation sites excluding steroid dienone is 2. The highest BCUT2D eigenvalue weighted by molar-refractivity contribution is 4.86. The molecule has 0 aromatic carbocycles. The van der Waals surface area contributed by atoms with E-state index in [1.54, 1.807) is 0 Å². The normalized spacial score (nSPS) is 26.2. The molecule has 1 rings (SSSR count). The SMILES string of the molecule is CCCC/C=C/CCCC1NC=C[N+]1(CC)CCO. The van der Waals surface area contributed by atoms with Crippen molar-refractivity contribution in [3.05, 3.63) is 24.6 Å². The second-order valence-electron chi connectivity index (χ2n) is 5.41. The summed E-state index contributed by atoms with van der Waals surface area (Å²) < 4.78 is 0.885. The van der Waals surface area contributed by atoms with Crippen LogP contribution in [0.25, 0.3) is 0 Å². The lowest BCUT2D eigenvalue weighted by atomic mass is 10.1. The topological polar surface area (TPSA) is 32.3 Å². The summed E-state index contributed by atoms with van der Waals surface area (Å²) in [5, 5.41) is 12.7. The van der Waals surface area contributed by atoms with Gasteiger partial charge in [0.1, 0.15) is 12.7 Å². The number of aliphatic hydroxyl groups is 1. The van der Waals surface area contributed by atoms with E-state index >= 15 is 0 Å². The molecule has 0 spiro atoms. The van der Waals surface area contributed by atoms with Gasteiger partial charge >= 0.3 is 0 Å². The van der Waals surface area contributed by atoms with Crippen molar-refractivity contribution >= 4 is 0 Å². The molecule has 1 aliphatic rings. The molecular weight excluding hydrogens is 236 g/mol. The number of aliphatic hydroxyl groups excluding tert-OH is 1. The number of nitrogens with zero attached hydrogens (tertiary/aromatic N) is 1. The summed E-state index contributed by atoms with van der Waals surface area (Å²) in [5.41, 5.74) is 0. The average molecular weight is 267 g/mol. The van der Waals surface area contributed by atoms with Crippen LogP contribution < -0.4 is 5.32 Å². The maximum absolute atomic E-state index is 9.24. The fourth-order valence-corrected chi connectivity index (χ4v) is 2.78. The first-order valence-corrected chi connectivity index (χ1v) is 7.85. The van der Waals surface area contributed by atoms with Gasteiger partial charge in [-0.3, -0.25) is 4.48 Å². The van der Waals surface area contributed by atoms with Crippen LogP contribution in [-0.2, 0) is 0 Å². The van der Waals surface area contributed by atoms with E-state index in [0.717, 1.165) is 17.6 Å². The minimum absolute atomic E-state index is 0.257. The number of unbranched alkanes of at least 4 members (excludes halogenated alkanes) is 3. The second-order valence-corrected chi connectivity index (χ2v) is 5.41. The summed E-state index contributed by atoms with van der Waals surface area (Å²) >= 11 is 0. The Balaban J connectivity index is 2.26. The Morgan fingerprint density at radius 2 is 1.95 bits per heavy atom. The van der Waals surface area contributed by atoms with Crippen LogP contribution in [0.3, 0.4) is 0 Å². The highest BCUT2D eigenvalue weighted by Gasteiger charge is 2.35. The number of likely N-dealkylation sites (N-methyl/N-ethyl adjacent to an activating group) is 1. The summed E-state index contributed by atoms with van der Waals surface area (Å²) in [4.78, 5) is 0. The summed E-state index contributed by atoms with van der Waals surface area (Å²) in [7, 11) is 0. The molecule has 110 valence electrons. The van der Waals surface area contributed by atoms with Crippen LogP contribution in [0, 0.1) is 0 Å². The molecule has 0 radical (unpaired) electrons. The van der Waals surface area contributed by atoms with E-state index in [1.165, 1.54) is 38.5 Å². The van der Waals surface area contributed by atoms with Crippen molar-refractivity contribution in [3.8, 4) is 0 Å². The maximum atomic E-state index is 9.24. The number of hydrogen-bond donors (Lipinski definition) is 2. The first kappa shape index (κ1) is 16.3. The lowest BCUT2D eigenvalue weighted by Gasteiger charge is -2.36. The molecule has 2 atom stereocenters. The van der Waals surface area contributed by atoms with Gasteiger partial charge in [0, 0.05) is 6.42 Å². The Labute approximate surface area is 118 Å². The number of quaternary nitrogens is 1. The molecule has 0 aromatic heterocycles. The van der Waals surface area contributed by atoms with Gasteiger partial charge in [0.2, 0.25) is 0 Å². The zero-order chi connectivity index (χ0) is 14.0. The van der Waals surface area contributed by atoms with Crippen LogP contribution in [0.4, 0.5) is 0 Å². The molecule has 0 saturated heterocycles. The molecule has 0 bridgehead atoms. The maximum Gasteiger partial charge on any atom is 0.166 e. The van der Waals surface area contributed by atoms with Crippen LogP contribution in [0.5, 0.6) is 0 Å². The first-order valence-electron chi connectivity index (χ1n) is 7.85. The van der Waals surface area contributed by atoms with E-state index in [9.17, 15) is 5.11 Å². The van der Waals surface area contributed by atoms with E-state index in [0.29, 0.717) is 6.17 Å². The van der Waals surface area contributed by atoms with Gasteiger partial charge in [-0.1, -0.05) is 31.9 Å². The number of nitrogens with one attached hydrogen (secondary N) is 1. The summed E-state index contributed by atoms with van der Waals surface area (Å²) in [6.07, 6.45) is 16.7. The third kappa shape index (κ3) is 5.00. The smallest absolute Gasteiger partial charge is 0.166 e. The summed E-state index contributed by atoms with van der Waals surface area (Å²) in [6, 6.07) is 0. The highest BCUT2D eigenvalue weighted by atomic mass is 16.3. The van der Waals surface area contributed by atoms with Crippen molar-refractivity contribution in [3.63, 3.8) is 0 Å². The summed E-state index contributed by atoms with van der Waals surface area (Å²) in [5.74, 6) is 0. The zero-order valence-electron chi connectivity index (χ0n) is 12.6. The molecule has 19 heavy (non-hydrogen) atoms. The van der Waals surface area contributed by atoms with Gasteiger partial charge in [0.15, 0.2) is 6.17 Å². The Kier molecular flexibility index (Phi) is 7.84. The molecule has 3 heteroatoms. The minimum Gasteiger partial charge on any atom is -0.390 e. The van der Waals surface area contributed by atoms with Crippen LogP contribution in [0.1, 0.15) is 52.4 Å². The molecule has 1 aliphatic heterocycles. The summed E-state index contributed by atoms with van der Waals surface area (Å²) in [6.45, 7) is 6.55. The van der Waals surface area contributed by atoms with Crippen LogP contribution in [-0.4, -0.2) is 35.5 Å². The standard InChI is InChI=1S/C16H31N2O/c1-3-5-6-7-8-9-10-11-16-17-12-13-18(16,4-2)14-15-19/h7-8,12-13,16-17,19H,3-6,9-11,14-15H2,1-2H3/q+1/b8-7+. The van der Waals surface area contributed by atoms with E-state index < -0.39 is 0 Å². The molecule has 0 saturated carbocycles. The van der Waals surface area contributed by atoms with Crippen LogP contribution in [0.2, 0.25) is 0 Å². The Bertz CT molecular complexity index is 288. The lowest BCUT2D eigenvalue weighted by molar-refractivity contribution is -0.900. The van der Waals surface area contributed by atoms with E-state index in [1.807, 2.05) is 0 Å². The van der Waals surface area contributed by atoms with Gasteiger partial charge in [-0.25, -0.2) is 0 Å². The molecule has 0 aliphatic carbocycles.